The topological polar surface area (TPSA) is 141 Å². The highest BCUT2D eigenvalue weighted by atomic mass is 19.4. The Morgan fingerprint density at radius 1 is 1.26 bits per heavy atom. The van der Waals surface area contributed by atoms with Crippen molar-refractivity contribution in [2.24, 2.45) is 0 Å². The molecule has 0 radical (unpaired) electrons. The summed E-state index contributed by atoms with van der Waals surface area (Å²) in [5.74, 6) is -0.617. The number of anilines is 1. The number of nitriles is 1. The van der Waals surface area contributed by atoms with Crippen LogP contribution in [0, 0.1) is 11.3 Å². The summed E-state index contributed by atoms with van der Waals surface area (Å²) in [7, 11) is 0. The largest absolute Gasteiger partial charge is 0.408 e. The van der Waals surface area contributed by atoms with Gasteiger partial charge in [-0.2, -0.15) is 23.5 Å². The molecule has 1 unspecified atom stereocenters. The summed E-state index contributed by atoms with van der Waals surface area (Å²) in [4.78, 5) is 33.8. The van der Waals surface area contributed by atoms with Crippen LogP contribution in [0.25, 0.3) is 22.3 Å². The monoisotopic (exact) mass is 522 g/mol. The van der Waals surface area contributed by atoms with Crippen LogP contribution in [0.5, 0.6) is 0 Å². The van der Waals surface area contributed by atoms with Crippen molar-refractivity contribution in [3.63, 3.8) is 0 Å². The van der Waals surface area contributed by atoms with Gasteiger partial charge < -0.3 is 15.2 Å². The van der Waals surface area contributed by atoms with Gasteiger partial charge in [0.1, 0.15) is 23.7 Å². The molecule has 11 nitrogen and oxygen atoms in total. The molecule has 38 heavy (non-hydrogen) atoms. The van der Waals surface area contributed by atoms with Gasteiger partial charge in [-0.3, -0.25) is 9.48 Å². The number of rotatable bonds is 6. The third-order valence-corrected chi connectivity index (χ3v) is 6.36. The summed E-state index contributed by atoms with van der Waals surface area (Å²) in [5, 5.41) is 16.9. The predicted octanol–water partition coefficient (Wildman–Crippen LogP) is 3.32. The van der Waals surface area contributed by atoms with Gasteiger partial charge in [-0.15, -0.1) is 0 Å². The average molecular weight is 522 g/mol. The Hall–Kier alpha value is -4.80. The molecule has 4 aromatic rings. The van der Waals surface area contributed by atoms with E-state index in [0.29, 0.717) is 30.1 Å². The van der Waals surface area contributed by atoms with Gasteiger partial charge in [0.05, 0.1) is 48.9 Å². The van der Waals surface area contributed by atoms with Crippen molar-refractivity contribution in [1.82, 2.24) is 40.0 Å². The van der Waals surface area contributed by atoms with Crippen molar-refractivity contribution >= 4 is 22.8 Å². The molecule has 2 atom stereocenters. The minimum Gasteiger partial charge on any atom is -0.346 e. The summed E-state index contributed by atoms with van der Waals surface area (Å²) in [6.45, 7) is 1.16. The van der Waals surface area contributed by atoms with Crippen LogP contribution in [0.4, 0.5) is 19.0 Å². The predicted molar refractivity (Wildman–Crippen MR) is 129 cm³/mol. The number of carbonyl (C=O) groups is 1. The van der Waals surface area contributed by atoms with Crippen LogP contribution in [0.1, 0.15) is 30.3 Å². The molecule has 1 aliphatic rings. The van der Waals surface area contributed by atoms with Gasteiger partial charge in [-0.25, -0.2) is 19.9 Å². The van der Waals surface area contributed by atoms with E-state index in [0.717, 1.165) is 24.1 Å². The smallest absolute Gasteiger partial charge is 0.346 e. The maximum absolute atomic E-state index is 12.8. The van der Waals surface area contributed by atoms with E-state index >= 15 is 0 Å². The number of aromatic amines is 1. The summed E-state index contributed by atoms with van der Waals surface area (Å²) in [5.41, 5.74) is 1.18. The lowest BCUT2D eigenvalue weighted by molar-refractivity contribution is -0.149. The van der Waals surface area contributed by atoms with Gasteiger partial charge in [0, 0.05) is 29.5 Å². The van der Waals surface area contributed by atoms with E-state index in [4.69, 9.17) is 0 Å². The zero-order valence-electron chi connectivity index (χ0n) is 20.0. The standard InChI is InChI=1S/C24H21F3N10O/c1-15(24(25,26)27)35-22(38)18-10-31-19(11-30-18)36-8-2-4-23(13-36,5-6-28)37-12-16(9-34-37)20-17-3-7-29-21(17)33-14-32-20/h2-3,7-12,14-15H,4-5,13H2,1H3,(H,35,38)(H,29,32,33)/t15-,23?/m1/s1. The fraction of sp³-hybridized carbons (Fsp3) is 0.292. The molecule has 1 aliphatic heterocycles. The number of nitrogens with one attached hydrogen (secondary N) is 2. The number of aromatic nitrogens is 7. The van der Waals surface area contributed by atoms with E-state index < -0.39 is 23.7 Å². The SMILES string of the molecule is C[C@@H](NC(=O)c1cnc(N2C=CCC(CC#N)(n3cc(-c4ncnc5[nH]ccc45)cn3)C2)cn1)C(F)(F)F. The van der Waals surface area contributed by atoms with E-state index in [-0.39, 0.29) is 12.1 Å². The lowest BCUT2D eigenvalue weighted by Gasteiger charge is -2.38. The van der Waals surface area contributed by atoms with Crippen molar-refractivity contribution in [2.75, 3.05) is 11.4 Å². The second-order valence-corrected chi connectivity index (χ2v) is 8.91. The highest BCUT2D eigenvalue weighted by molar-refractivity contribution is 5.92. The van der Waals surface area contributed by atoms with E-state index in [1.807, 2.05) is 23.7 Å². The zero-order chi connectivity index (χ0) is 26.9. The molecule has 2 N–H and O–H groups in total. The van der Waals surface area contributed by atoms with Gasteiger partial charge in [-0.1, -0.05) is 6.08 Å². The van der Waals surface area contributed by atoms with Crippen LogP contribution in [0.2, 0.25) is 0 Å². The number of halogens is 3. The van der Waals surface area contributed by atoms with Crippen molar-refractivity contribution < 1.29 is 18.0 Å². The van der Waals surface area contributed by atoms with Crippen LogP contribution in [-0.4, -0.2) is 59.4 Å². The van der Waals surface area contributed by atoms with Crippen molar-refractivity contribution in [3.8, 4) is 17.3 Å². The fourth-order valence-corrected chi connectivity index (χ4v) is 4.26. The molecule has 0 saturated carbocycles. The number of H-pyrrole nitrogens is 1. The third kappa shape index (κ3) is 4.65. The molecule has 0 bridgehead atoms. The van der Waals surface area contributed by atoms with Gasteiger partial charge in [0.2, 0.25) is 0 Å². The molecule has 0 aromatic carbocycles. The molecule has 0 spiro atoms. The normalized spacial score (nSPS) is 18.3. The number of hydrogen-bond donors (Lipinski definition) is 2. The molecular weight excluding hydrogens is 501 g/mol. The zero-order valence-corrected chi connectivity index (χ0v) is 20.0. The van der Waals surface area contributed by atoms with Gasteiger partial charge >= 0.3 is 6.18 Å². The Bertz CT molecular complexity index is 1540. The van der Waals surface area contributed by atoms with Crippen LogP contribution < -0.4 is 10.2 Å². The van der Waals surface area contributed by atoms with Gasteiger partial charge in [0.25, 0.3) is 5.91 Å². The molecule has 5 heterocycles. The Kier molecular flexibility index (Phi) is 6.27. The molecule has 4 aromatic heterocycles. The van der Waals surface area contributed by atoms with Crippen LogP contribution >= 0.6 is 0 Å². The van der Waals surface area contributed by atoms with E-state index in [1.165, 1.54) is 12.5 Å². The van der Waals surface area contributed by atoms with Crippen molar-refractivity contribution in [3.05, 3.63) is 61.3 Å². The second-order valence-electron chi connectivity index (χ2n) is 8.91. The van der Waals surface area contributed by atoms with E-state index in [2.05, 4.69) is 36.1 Å². The summed E-state index contributed by atoms with van der Waals surface area (Å²) >= 11 is 0. The number of nitrogens with zero attached hydrogens (tertiary/aromatic N) is 8. The number of fused-ring (bicyclic) bond motifs is 1. The fourth-order valence-electron chi connectivity index (χ4n) is 4.26. The summed E-state index contributed by atoms with van der Waals surface area (Å²) in [6, 6.07) is 2.10. The quantitative estimate of drug-likeness (QED) is 0.393. The lowest BCUT2D eigenvalue weighted by atomic mass is 9.89. The first-order chi connectivity index (χ1) is 18.2. The van der Waals surface area contributed by atoms with Crippen molar-refractivity contribution in [2.45, 2.75) is 37.5 Å². The molecule has 194 valence electrons. The molecule has 14 heteroatoms. The molecule has 0 saturated heterocycles. The number of alkyl halides is 3. The van der Waals surface area contributed by atoms with Gasteiger partial charge in [0.15, 0.2) is 5.82 Å². The minimum absolute atomic E-state index is 0.140. The van der Waals surface area contributed by atoms with Crippen LogP contribution in [-0.2, 0) is 5.54 Å². The molecular formula is C24H21F3N10O. The Labute approximate surface area is 214 Å². The van der Waals surface area contributed by atoms with Gasteiger partial charge in [-0.05, 0) is 19.4 Å². The first-order valence-corrected chi connectivity index (χ1v) is 11.5. The molecule has 0 aliphatic carbocycles. The molecule has 0 fully saturated rings. The van der Waals surface area contributed by atoms with Crippen LogP contribution in [0.15, 0.2) is 55.7 Å². The molecule has 1 amide bonds. The van der Waals surface area contributed by atoms with Crippen LogP contribution in [0.3, 0.4) is 0 Å². The number of amides is 1. The third-order valence-electron chi connectivity index (χ3n) is 6.36. The first kappa shape index (κ1) is 24.9. The first-order valence-electron chi connectivity index (χ1n) is 11.5. The van der Waals surface area contributed by atoms with E-state index in [9.17, 15) is 23.2 Å². The summed E-state index contributed by atoms with van der Waals surface area (Å²) < 4.78 is 40.0. The number of carbonyl (C=O) groups excluding carboxylic acids is 1. The minimum atomic E-state index is -4.57. The van der Waals surface area contributed by atoms with Crippen molar-refractivity contribution in [1.29, 1.82) is 5.26 Å². The maximum atomic E-state index is 12.8. The van der Waals surface area contributed by atoms with E-state index in [1.54, 1.807) is 28.2 Å². The maximum Gasteiger partial charge on any atom is 0.408 e. The summed E-state index contributed by atoms with van der Waals surface area (Å²) in [6.07, 6.45) is 8.94. The second kappa shape index (κ2) is 9.58. The highest BCUT2D eigenvalue weighted by Gasteiger charge is 2.38. The lowest BCUT2D eigenvalue weighted by Crippen LogP contribution is -2.46. The Morgan fingerprint density at radius 2 is 2.11 bits per heavy atom. The number of allylic oxidation sites excluding steroid dienone is 1. The molecule has 5 rings (SSSR count). The number of hydrogen-bond acceptors (Lipinski definition) is 8. The average Bonchev–Trinajstić information content (AvgIpc) is 3.59. The highest BCUT2D eigenvalue weighted by Crippen LogP contribution is 2.34. The Morgan fingerprint density at radius 3 is 2.84 bits per heavy atom. The Balaban J connectivity index is 1.38.